The van der Waals surface area contributed by atoms with Crippen LogP contribution < -0.4 is 11.5 Å². The Labute approximate surface area is 119 Å². The molecular formula is C16H21N3O. The molecule has 0 spiro atoms. The molecule has 0 heterocycles. The number of guanidine groups is 1. The molecule has 2 unspecified atom stereocenters. The molecular weight excluding hydrogens is 250 g/mol. The molecule has 2 bridgehead atoms. The van der Waals surface area contributed by atoms with Crippen molar-refractivity contribution in [1.82, 2.24) is 0 Å². The third kappa shape index (κ3) is 2.19. The molecule has 2 aliphatic rings. The van der Waals surface area contributed by atoms with E-state index in [1.54, 1.807) is 0 Å². The first-order valence-corrected chi connectivity index (χ1v) is 7.26. The van der Waals surface area contributed by atoms with E-state index >= 15 is 0 Å². The average molecular weight is 271 g/mol. The van der Waals surface area contributed by atoms with Gasteiger partial charge in [-0.05, 0) is 49.5 Å². The van der Waals surface area contributed by atoms with E-state index in [4.69, 9.17) is 11.5 Å². The zero-order valence-electron chi connectivity index (χ0n) is 11.8. The molecule has 106 valence electrons. The molecule has 1 aromatic carbocycles. The van der Waals surface area contributed by atoms with Crippen LogP contribution in [0.3, 0.4) is 0 Å². The van der Waals surface area contributed by atoms with Crippen LogP contribution in [0.4, 0.5) is 0 Å². The van der Waals surface area contributed by atoms with Crippen LogP contribution in [0.5, 0.6) is 0 Å². The lowest BCUT2D eigenvalue weighted by Gasteiger charge is -2.29. The normalized spacial score (nSPS) is 31.2. The van der Waals surface area contributed by atoms with Gasteiger partial charge in [0.2, 0.25) is 0 Å². The number of carbonyl (C=O) groups excluding carboxylic acids is 1. The van der Waals surface area contributed by atoms with Gasteiger partial charge in [-0.15, -0.1) is 0 Å². The summed E-state index contributed by atoms with van der Waals surface area (Å²) in [6, 6.07) is 8.48. The number of rotatable bonds is 2. The molecule has 20 heavy (non-hydrogen) atoms. The first-order chi connectivity index (χ1) is 9.56. The SMILES string of the molecule is Cc1cccc([C@@H]2C3CCC(C3)[C@H]2C(=O)N=C(N)N)c1. The van der Waals surface area contributed by atoms with Crippen molar-refractivity contribution in [2.75, 3.05) is 0 Å². The fourth-order valence-electron chi connectivity index (χ4n) is 4.21. The van der Waals surface area contributed by atoms with Crippen LogP contribution in [-0.4, -0.2) is 11.9 Å². The summed E-state index contributed by atoms with van der Waals surface area (Å²) in [5.41, 5.74) is 13.2. The Hall–Kier alpha value is -1.84. The topological polar surface area (TPSA) is 81.5 Å². The van der Waals surface area contributed by atoms with Crippen molar-refractivity contribution in [3.63, 3.8) is 0 Å². The van der Waals surface area contributed by atoms with E-state index in [0.717, 1.165) is 12.8 Å². The van der Waals surface area contributed by atoms with E-state index < -0.39 is 0 Å². The number of nitrogens with two attached hydrogens (primary N) is 2. The summed E-state index contributed by atoms with van der Waals surface area (Å²) in [5, 5.41) is 0. The number of hydrogen-bond donors (Lipinski definition) is 2. The van der Waals surface area contributed by atoms with E-state index in [0.29, 0.717) is 11.8 Å². The predicted octanol–water partition coefficient (Wildman–Crippen LogP) is 1.92. The molecule has 2 fully saturated rings. The predicted molar refractivity (Wildman–Crippen MR) is 79.1 cm³/mol. The van der Waals surface area contributed by atoms with Gasteiger partial charge in [-0.3, -0.25) is 4.79 Å². The summed E-state index contributed by atoms with van der Waals surface area (Å²) >= 11 is 0. The van der Waals surface area contributed by atoms with Crippen molar-refractivity contribution in [3.8, 4) is 0 Å². The van der Waals surface area contributed by atoms with Crippen LogP contribution in [0.25, 0.3) is 0 Å². The van der Waals surface area contributed by atoms with Crippen LogP contribution in [0, 0.1) is 24.7 Å². The van der Waals surface area contributed by atoms with Crippen molar-refractivity contribution in [1.29, 1.82) is 0 Å². The Morgan fingerprint density at radius 2 is 2.00 bits per heavy atom. The third-order valence-electron chi connectivity index (χ3n) is 4.87. The summed E-state index contributed by atoms with van der Waals surface area (Å²) in [6.45, 7) is 2.09. The highest BCUT2D eigenvalue weighted by molar-refractivity contribution is 5.93. The second-order valence-electron chi connectivity index (χ2n) is 6.17. The van der Waals surface area contributed by atoms with Crippen LogP contribution in [0.1, 0.15) is 36.3 Å². The highest BCUT2D eigenvalue weighted by atomic mass is 16.1. The number of carbonyl (C=O) groups is 1. The molecule has 4 nitrogen and oxygen atoms in total. The second kappa shape index (κ2) is 4.93. The van der Waals surface area contributed by atoms with Crippen molar-refractivity contribution in [2.45, 2.75) is 32.1 Å². The standard InChI is InChI=1S/C16H21N3O/c1-9-3-2-4-10(7-9)13-11-5-6-12(8-11)14(13)15(20)19-16(17)18/h2-4,7,11-14H,5-6,8H2,1H3,(H4,17,18,19,20)/t11?,12?,13-,14-/m1/s1. The highest BCUT2D eigenvalue weighted by Gasteiger charge is 2.51. The Morgan fingerprint density at radius 1 is 1.25 bits per heavy atom. The van der Waals surface area contributed by atoms with Crippen LogP contribution in [-0.2, 0) is 4.79 Å². The number of fused-ring (bicyclic) bond motifs is 2. The Morgan fingerprint density at radius 3 is 2.70 bits per heavy atom. The van der Waals surface area contributed by atoms with Crippen molar-refractivity contribution < 1.29 is 4.79 Å². The molecule has 0 radical (unpaired) electrons. The first kappa shape index (κ1) is 13.2. The molecule has 0 aromatic heterocycles. The number of benzene rings is 1. The maximum atomic E-state index is 12.4. The third-order valence-corrected chi connectivity index (χ3v) is 4.87. The molecule has 3 rings (SSSR count). The quantitative estimate of drug-likeness (QED) is 0.637. The van der Waals surface area contributed by atoms with Gasteiger partial charge in [0.05, 0.1) is 5.92 Å². The van der Waals surface area contributed by atoms with Crippen LogP contribution >= 0.6 is 0 Å². The van der Waals surface area contributed by atoms with Crippen molar-refractivity contribution in [3.05, 3.63) is 35.4 Å². The lowest BCUT2D eigenvalue weighted by molar-refractivity contribution is -0.123. The summed E-state index contributed by atoms with van der Waals surface area (Å²) in [7, 11) is 0. The van der Waals surface area contributed by atoms with E-state index in [-0.39, 0.29) is 23.7 Å². The molecule has 1 aromatic rings. The van der Waals surface area contributed by atoms with Gasteiger partial charge in [-0.25, -0.2) is 0 Å². The first-order valence-electron chi connectivity index (χ1n) is 7.26. The Bertz CT molecular complexity index is 563. The van der Waals surface area contributed by atoms with Gasteiger partial charge in [-0.1, -0.05) is 29.8 Å². The summed E-state index contributed by atoms with van der Waals surface area (Å²) in [6.07, 6.45) is 3.48. The molecule has 4 atom stereocenters. The average Bonchev–Trinajstić information content (AvgIpc) is 2.97. The Balaban J connectivity index is 1.95. The van der Waals surface area contributed by atoms with Crippen LogP contribution in [0.15, 0.2) is 29.3 Å². The maximum absolute atomic E-state index is 12.4. The van der Waals surface area contributed by atoms with Gasteiger partial charge in [0.15, 0.2) is 5.96 Å². The fraction of sp³-hybridized carbons (Fsp3) is 0.500. The number of nitrogens with zero attached hydrogens (tertiary/aromatic N) is 1. The minimum Gasteiger partial charge on any atom is -0.370 e. The van der Waals surface area contributed by atoms with Gasteiger partial charge in [-0.2, -0.15) is 4.99 Å². The maximum Gasteiger partial charge on any atom is 0.252 e. The monoisotopic (exact) mass is 271 g/mol. The van der Waals surface area contributed by atoms with Gasteiger partial charge >= 0.3 is 0 Å². The van der Waals surface area contributed by atoms with E-state index in [9.17, 15) is 4.79 Å². The fourth-order valence-corrected chi connectivity index (χ4v) is 4.21. The zero-order valence-corrected chi connectivity index (χ0v) is 11.8. The summed E-state index contributed by atoms with van der Waals surface area (Å²) in [4.78, 5) is 16.2. The van der Waals surface area contributed by atoms with E-state index in [2.05, 4.69) is 36.2 Å². The molecule has 1 amide bonds. The van der Waals surface area contributed by atoms with Gasteiger partial charge < -0.3 is 11.5 Å². The highest BCUT2D eigenvalue weighted by Crippen LogP contribution is 2.57. The smallest absolute Gasteiger partial charge is 0.252 e. The molecule has 2 aliphatic carbocycles. The van der Waals surface area contributed by atoms with Crippen LogP contribution in [0.2, 0.25) is 0 Å². The van der Waals surface area contributed by atoms with E-state index in [1.807, 2.05) is 0 Å². The molecule has 0 saturated heterocycles. The zero-order chi connectivity index (χ0) is 14.3. The van der Waals surface area contributed by atoms with Gasteiger partial charge in [0.1, 0.15) is 0 Å². The summed E-state index contributed by atoms with van der Waals surface area (Å²) in [5.74, 6) is 1.03. The summed E-state index contributed by atoms with van der Waals surface area (Å²) < 4.78 is 0. The largest absolute Gasteiger partial charge is 0.370 e. The minimum absolute atomic E-state index is 0.0438. The number of aryl methyl sites for hydroxylation is 1. The van der Waals surface area contributed by atoms with E-state index in [1.165, 1.54) is 17.5 Å². The number of amides is 1. The second-order valence-corrected chi connectivity index (χ2v) is 6.17. The number of aliphatic imine (C=N–C) groups is 1. The van der Waals surface area contributed by atoms with Gasteiger partial charge in [0, 0.05) is 0 Å². The van der Waals surface area contributed by atoms with Gasteiger partial charge in [0.25, 0.3) is 5.91 Å². The minimum atomic E-state index is -0.135. The lowest BCUT2D eigenvalue weighted by atomic mass is 9.75. The number of hydrogen-bond acceptors (Lipinski definition) is 1. The Kier molecular flexibility index (Phi) is 3.24. The molecule has 0 aliphatic heterocycles. The molecule has 4 heteroatoms. The molecule has 2 saturated carbocycles. The molecule has 4 N–H and O–H groups in total. The lowest BCUT2D eigenvalue weighted by Crippen LogP contribution is -2.31. The van der Waals surface area contributed by atoms with Crippen molar-refractivity contribution in [2.24, 2.45) is 34.2 Å². The van der Waals surface area contributed by atoms with Crippen molar-refractivity contribution >= 4 is 11.9 Å².